The zero-order valence-corrected chi connectivity index (χ0v) is 14.5. The van der Waals surface area contributed by atoms with Crippen molar-refractivity contribution in [3.63, 3.8) is 0 Å². The monoisotopic (exact) mass is 335 g/mol. The third-order valence-electron chi connectivity index (χ3n) is 3.60. The van der Waals surface area contributed by atoms with Crippen LogP contribution in [-0.4, -0.2) is 39.5 Å². The Labute approximate surface area is 138 Å². The summed E-state index contributed by atoms with van der Waals surface area (Å²) in [5.74, 6) is 0.192. The van der Waals surface area contributed by atoms with Crippen LogP contribution >= 0.6 is 0 Å². The van der Waals surface area contributed by atoms with Gasteiger partial charge in [-0.25, -0.2) is 0 Å². The Balaban J connectivity index is 1.94. The summed E-state index contributed by atoms with van der Waals surface area (Å²) in [7, 11) is 0.896. The van der Waals surface area contributed by atoms with Gasteiger partial charge in [-0.15, -0.1) is 0 Å². The zero-order valence-electron chi connectivity index (χ0n) is 13.7. The molecule has 2 unspecified atom stereocenters. The van der Waals surface area contributed by atoms with Crippen LogP contribution in [0.5, 0.6) is 0 Å². The number of likely N-dealkylation sites (N-methyl/N-ethyl adjacent to an activating group) is 1. The van der Waals surface area contributed by atoms with E-state index in [0.717, 1.165) is 16.2 Å². The van der Waals surface area contributed by atoms with Crippen molar-refractivity contribution in [1.82, 2.24) is 10.1 Å². The molecule has 0 aliphatic carbocycles. The van der Waals surface area contributed by atoms with Gasteiger partial charge in [-0.05, 0) is 38.6 Å². The highest BCUT2D eigenvalue weighted by Gasteiger charge is 2.19. The van der Waals surface area contributed by atoms with E-state index >= 15 is 0 Å². The Kier molecular flexibility index (Phi) is 5.68. The van der Waals surface area contributed by atoms with E-state index in [0.29, 0.717) is 12.4 Å². The highest BCUT2D eigenvalue weighted by molar-refractivity contribution is 7.84. The summed E-state index contributed by atoms with van der Waals surface area (Å²) in [6.45, 7) is 4.23. The van der Waals surface area contributed by atoms with Gasteiger partial charge in [0.15, 0.2) is 0 Å². The number of hydrogen-bond acceptors (Lipinski definition) is 5. The van der Waals surface area contributed by atoms with Crippen molar-refractivity contribution in [2.24, 2.45) is 0 Å². The van der Waals surface area contributed by atoms with Gasteiger partial charge in [-0.1, -0.05) is 17.3 Å². The topological polar surface area (TPSA) is 75.4 Å². The summed E-state index contributed by atoms with van der Waals surface area (Å²) >= 11 is 0. The molecule has 2 rings (SSSR count). The average Bonchev–Trinajstić information content (AvgIpc) is 2.92. The molecule has 0 aliphatic heterocycles. The van der Waals surface area contributed by atoms with E-state index in [1.165, 1.54) is 0 Å². The molecule has 6 nitrogen and oxygen atoms in total. The average molecular weight is 335 g/mol. The molecule has 0 spiro atoms. The third-order valence-corrected chi connectivity index (χ3v) is 4.54. The van der Waals surface area contributed by atoms with Crippen molar-refractivity contribution in [1.29, 1.82) is 0 Å². The lowest BCUT2D eigenvalue weighted by Crippen LogP contribution is -2.39. The van der Waals surface area contributed by atoms with Crippen LogP contribution in [0.3, 0.4) is 0 Å². The maximum absolute atomic E-state index is 12.2. The maximum atomic E-state index is 12.2. The van der Waals surface area contributed by atoms with Crippen LogP contribution in [0.2, 0.25) is 0 Å². The molecule has 1 aromatic carbocycles. The molecule has 1 aromatic heterocycles. The predicted octanol–water partition coefficient (Wildman–Crippen LogP) is 2.18. The number of hydrogen-bond donors (Lipinski definition) is 1. The van der Waals surface area contributed by atoms with E-state index in [9.17, 15) is 9.00 Å². The van der Waals surface area contributed by atoms with Crippen molar-refractivity contribution in [3.05, 3.63) is 41.6 Å². The van der Waals surface area contributed by atoms with Crippen LogP contribution in [0.4, 0.5) is 5.88 Å². The summed E-state index contributed by atoms with van der Waals surface area (Å²) in [4.78, 5) is 14.9. The van der Waals surface area contributed by atoms with Crippen LogP contribution in [-0.2, 0) is 22.1 Å². The van der Waals surface area contributed by atoms with Gasteiger partial charge in [-0.2, -0.15) is 0 Å². The molecule has 1 heterocycles. The number of nitrogens with zero attached hydrogens (tertiary/aromatic N) is 2. The van der Waals surface area contributed by atoms with Crippen LogP contribution in [0.1, 0.15) is 18.2 Å². The van der Waals surface area contributed by atoms with Crippen molar-refractivity contribution in [3.8, 4) is 0 Å². The molecular formula is C16H21N3O3S. The number of nitrogens with one attached hydrogen (secondary N) is 1. The second-order valence-electron chi connectivity index (χ2n) is 5.51. The van der Waals surface area contributed by atoms with E-state index < -0.39 is 10.8 Å². The normalized spacial score (nSPS) is 13.8. The van der Waals surface area contributed by atoms with Crippen molar-refractivity contribution >= 4 is 22.6 Å². The third kappa shape index (κ3) is 4.74. The SMILES string of the molecule is Cc1cc(NC(=O)C(C)N(C)Cc2ccc(S(C)=O)cc2)on1. The molecule has 0 aliphatic rings. The molecule has 0 saturated carbocycles. The summed E-state index contributed by atoms with van der Waals surface area (Å²) in [5.41, 5.74) is 1.77. The van der Waals surface area contributed by atoms with Gasteiger partial charge in [0.1, 0.15) is 0 Å². The Hall–Kier alpha value is -1.99. The minimum absolute atomic E-state index is 0.157. The molecule has 124 valence electrons. The van der Waals surface area contributed by atoms with Crippen molar-refractivity contribution in [2.75, 3.05) is 18.6 Å². The van der Waals surface area contributed by atoms with E-state index in [4.69, 9.17) is 4.52 Å². The smallest absolute Gasteiger partial charge is 0.243 e. The fourth-order valence-electron chi connectivity index (χ4n) is 2.06. The second-order valence-corrected chi connectivity index (χ2v) is 6.89. The lowest BCUT2D eigenvalue weighted by Gasteiger charge is -2.23. The van der Waals surface area contributed by atoms with E-state index in [1.54, 1.807) is 19.2 Å². The Morgan fingerprint density at radius 1 is 1.39 bits per heavy atom. The van der Waals surface area contributed by atoms with Gasteiger partial charge in [0.2, 0.25) is 11.8 Å². The number of aromatic nitrogens is 1. The molecule has 7 heteroatoms. The molecule has 0 radical (unpaired) electrons. The predicted molar refractivity (Wildman–Crippen MR) is 89.6 cm³/mol. The summed E-state index contributed by atoms with van der Waals surface area (Å²) < 4.78 is 16.4. The highest BCUT2D eigenvalue weighted by Crippen LogP contribution is 2.13. The van der Waals surface area contributed by atoms with Gasteiger partial charge in [0.05, 0.1) is 11.7 Å². The number of carbonyl (C=O) groups excluding carboxylic acids is 1. The second kappa shape index (κ2) is 7.52. The van der Waals surface area contributed by atoms with Gasteiger partial charge < -0.3 is 4.52 Å². The zero-order chi connectivity index (χ0) is 17.0. The number of aryl methyl sites for hydroxylation is 1. The minimum Gasteiger partial charge on any atom is -0.338 e. The number of carbonyl (C=O) groups is 1. The molecule has 0 bridgehead atoms. The standard InChI is InChI=1S/C16H21N3O3S/c1-11-9-15(22-18-11)17-16(20)12(2)19(3)10-13-5-7-14(8-6-13)23(4)21/h5-9,12H,10H2,1-4H3,(H,17,20). The summed E-state index contributed by atoms with van der Waals surface area (Å²) in [5, 5.41) is 6.44. The van der Waals surface area contributed by atoms with Crippen LogP contribution in [0, 0.1) is 6.92 Å². The van der Waals surface area contributed by atoms with E-state index in [2.05, 4.69) is 10.5 Å². The first kappa shape index (κ1) is 17.4. The van der Waals surface area contributed by atoms with Crippen LogP contribution in [0.15, 0.2) is 39.8 Å². The fourth-order valence-corrected chi connectivity index (χ4v) is 2.58. The Bertz CT molecular complexity index is 697. The molecule has 2 aromatic rings. The molecule has 23 heavy (non-hydrogen) atoms. The van der Waals surface area contributed by atoms with Crippen molar-refractivity contribution in [2.45, 2.75) is 31.3 Å². The maximum Gasteiger partial charge on any atom is 0.243 e. The molecule has 0 saturated heterocycles. The number of anilines is 1. The van der Waals surface area contributed by atoms with Gasteiger partial charge >= 0.3 is 0 Å². The number of amides is 1. The first-order valence-corrected chi connectivity index (χ1v) is 8.79. The van der Waals surface area contributed by atoms with Crippen LogP contribution < -0.4 is 5.32 Å². The molecule has 1 amide bonds. The fraction of sp³-hybridized carbons (Fsp3) is 0.375. The van der Waals surface area contributed by atoms with E-state index in [1.807, 2.05) is 43.1 Å². The lowest BCUT2D eigenvalue weighted by atomic mass is 10.2. The first-order valence-electron chi connectivity index (χ1n) is 7.23. The molecular weight excluding hydrogens is 314 g/mol. The molecule has 0 fully saturated rings. The summed E-state index contributed by atoms with van der Waals surface area (Å²) in [6, 6.07) is 8.90. The summed E-state index contributed by atoms with van der Waals surface area (Å²) in [6.07, 6.45) is 1.65. The van der Waals surface area contributed by atoms with Gasteiger partial charge in [0.25, 0.3) is 0 Å². The first-order chi connectivity index (χ1) is 10.9. The lowest BCUT2D eigenvalue weighted by molar-refractivity contribution is -0.120. The number of benzene rings is 1. The van der Waals surface area contributed by atoms with Gasteiger partial charge in [0, 0.05) is 34.6 Å². The minimum atomic E-state index is -0.981. The highest BCUT2D eigenvalue weighted by atomic mass is 32.2. The van der Waals surface area contributed by atoms with Crippen LogP contribution in [0.25, 0.3) is 0 Å². The van der Waals surface area contributed by atoms with E-state index in [-0.39, 0.29) is 11.9 Å². The van der Waals surface area contributed by atoms with Gasteiger partial charge in [-0.3, -0.25) is 19.2 Å². The quantitative estimate of drug-likeness (QED) is 0.876. The number of rotatable bonds is 6. The largest absolute Gasteiger partial charge is 0.338 e. The van der Waals surface area contributed by atoms with Crippen molar-refractivity contribution < 1.29 is 13.5 Å². The Morgan fingerprint density at radius 2 is 2.04 bits per heavy atom. The Morgan fingerprint density at radius 3 is 2.57 bits per heavy atom. The molecule has 2 atom stereocenters. The molecule has 1 N–H and O–H groups in total.